The molecular weight excluding hydrogens is 502 g/mol. The van der Waals surface area contributed by atoms with Crippen LogP contribution in [0.5, 0.6) is 5.75 Å². The lowest BCUT2D eigenvalue weighted by Crippen LogP contribution is -2.34. The van der Waals surface area contributed by atoms with E-state index in [-0.39, 0.29) is 17.7 Å². The van der Waals surface area contributed by atoms with Gasteiger partial charge in [-0.3, -0.25) is 4.79 Å². The summed E-state index contributed by atoms with van der Waals surface area (Å²) in [5.74, 6) is -0.136. The molecule has 0 saturated carbocycles. The Balaban J connectivity index is 0.00000235. The Kier molecular flexibility index (Phi) is 12.3. The number of rotatable bonds is 10. The second-order valence-corrected chi connectivity index (χ2v) is 9.50. The summed E-state index contributed by atoms with van der Waals surface area (Å²) in [5.41, 5.74) is 15.8. The first-order valence-corrected chi connectivity index (χ1v) is 13.5. The first-order chi connectivity index (χ1) is 17.9. The van der Waals surface area contributed by atoms with E-state index in [0.29, 0.717) is 28.4 Å². The molecule has 0 radical (unpaired) electrons. The summed E-state index contributed by atoms with van der Waals surface area (Å²) >= 11 is 7.48. The van der Waals surface area contributed by atoms with E-state index in [1.807, 2.05) is 69.3 Å². The summed E-state index contributed by atoms with van der Waals surface area (Å²) in [4.78, 5) is 14.7. The summed E-state index contributed by atoms with van der Waals surface area (Å²) in [6.07, 6.45) is 7.73. The van der Waals surface area contributed by atoms with Gasteiger partial charge in [0.05, 0.1) is 10.9 Å². The molecule has 7 heteroatoms. The fourth-order valence-electron chi connectivity index (χ4n) is 3.85. The van der Waals surface area contributed by atoms with Crippen molar-refractivity contribution in [2.75, 3.05) is 0 Å². The molecule has 5 nitrogen and oxygen atoms in total. The minimum Gasteiger partial charge on any atom is -0.508 e. The van der Waals surface area contributed by atoms with Gasteiger partial charge in [0, 0.05) is 28.0 Å². The zero-order valence-corrected chi connectivity index (χ0v) is 23.2. The van der Waals surface area contributed by atoms with Crippen molar-refractivity contribution in [2.45, 2.75) is 45.8 Å². The van der Waals surface area contributed by atoms with Crippen LogP contribution in [0.4, 0.5) is 0 Å². The van der Waals surface area contributed by atoms with Crippen molar-refractivity contribution < 1.29 is 9.90 Å². The topological polar surface area (TPSA) is 101 Å². The molecule has 196 valence electrons. The first-order valence-electron chi connectivity index (χ1n) is 12.3. The lowest BCUT2D eigenvalue weighted by Gasteiger charge is -2.24. The van der Waals surface area contributed by atoms with Gasteiger partial charge in [-0.15, -0.1) is 11.3 Å². The number of allylic oxidation sites excluding steroid dienone is 3. The molecule has 0 aliphatic carbocycles. The molecule has 2 atom stereocenters. The maximum atomic E-state index is 13.3. The zero-order valence-electron chi connectivity index (χ0n) is 21.6. The standard InChI is InChI=1S/C28H30ClN3O2S.C2H6/c1-3-5-8-18(4-2)23(31)16-24(22-9-6-7-10-25(22)33)32-28(34)27-14-13-26(35-27)21-12-11-20(29)15-19(21)17-30;1-2/h3-15,23-24,33H,1,16-17,30-31H2,2H3,(H,32,34);1-2H3/b8-5-,18-4+;. The highest BCUT2D eigenvalue weighted by molar-refractivity contribution is 7.17. The van der Waals surface area contributed by atoms with Gasteiger partial charge in [-0.05, 0) is 60.4 Å². The summed E-state index contributed by atoms with van der Waals surface area (Å²) in [7, 11) is 0. The SMILES string of the molecule is C=C/C=C\C(=C/C)C(N)CC(NC(=O)c1ccc(-c2ccc(Cl)cc2CN)s1)c1ccccc1O.CC. The average Bonchev–Trinajstić information content (AvgIpc) is 3.40. The molecule has 6 N–H and O–H groups in total. The van der Waals surface area contributed by atoms with Crippen LogP contribution >= 0.6 is 22.9 Å². The van der Waals surface area contributed by atoms with E-state index in [1.54, 1.807) is 30.3 Å². The number of hydrogen-bond donors (Lipinski definition) is 4. The Morgan fingerprint density at radius 3 is 2.57 bits per heavy atom. The van der Waals surface area contributed by atoms with E-state index in [9.17, 15) is 9.90 Å². The molecule has 0 saturated heterocycles. The highest BCUT2D eigenvalue weighted by atomic mass is 35.5. The van der Waals surface area contributed by atoms with Gasteiger partial charge in [-0.1, -0.05) is 80.6 Å². The van der Waals surface area contributed by atoms with Crippen molar-refractivity contribution in [3.05, 3.63) is 112 Å². The van der Waals surface area contributed by atoms with Gasteiger partial charge >= 0.3 is 0 Å². The first kappa shape index (κ1) is 30.1. The van der Waals surface area contributed by atoms with Gasteiger partial charge in [0.2, 0.25) is 0 Å². The van der Waals surface area contributed by atoms with Crippen LogP contribution < -0.4 is 16.8 Å². The van der Waals surface area contributed by atoms with E-state index in [2.05, 4.69) is 11.9 Å². The summed E-state index contributed by atoms with van der Waals surface area (Å²) in [6, 6.07) is 15.4. The van der Waals surface area contributed by atoms with Gasteiger partial charge in [-0.25, -0.2) is 0 Å². The molecular formula is C30H36ClN3O2S. The third-order valence-corrected chi connectivity index (χ3v) is 7.03. The van der Waals surface area contributed by atoms with E-state index in [4.69, 9.17) is 23.1 Å². The molecule has 1 amide bonds. The molecule has 2 unspecified atom stereocenters. The number of para-hydroxylation sites is 1. The highest BCUT2D eigenvalue weighted by Crippen LogP contribution is 2.33. The van der Waals surface area contributed by atoms with Crippen LogP contribution in [-0.2, 0) is 6.54 Å². The normalized spacial score (nSPS) is 13.0. The number of phenols is 1. The van der Waals surface area contributed by atoms with Crippen LogP contribution in [0.3, 0.4) is 0 Å². The smallest absolute Gasteiger partial charge is 0.261 e. The molecule has 2 aromatic carbocycles. The van der Waals surface area contributed by atoms with Gasteiger partial charge in [0.15, 0.2) is 0 Å². The van der Waals surface area contributed by atoms with Crippen molar-refractivity contribution in [3.8, 4) is 16.2 Å². The van der Waals surface area contributed by atoms with Crippen LogP contribution in [0.25, 0.3) is 10.4 Å². The number of halogens is 1. The van der Waals surface area contributed by atoms with Gasteiger partial charge in [0.25, 0.3) is 5.91 Å². The van der Waals surface area contributed by atoms with Crippen LogP contribution in [0.1, 0.15) is 54.0 Å². The number of aromatic hydroxyl groups is 1. The number of phenolic OH excluding ortho intramolecular Hbond substituents is 1. The number of thiophene rings is 1. The van der Waals surface area contributed by atoms with E-state index in [0.717, 1.165) is 21.6 Å². The van der Waals surface area contributed by atoms with Crippen molar-refractivity contribution in [1.82, 2.24) is 5.32 Å². The van der Waals surface area contributed by atoms with E-state index in [1.165, 1.54) is 11.3 Å². The highest BCUT2D eigenvalue weighted by Gasteiger charge is 2.23. The van der Waals surface area contributed by atoms with Crippen LogP contribution in [-0.4, -0.2) is 17.1 Å². The second kappa shape index (κ2) is 15.2. The molecule has 37 heavy (non-hydrogen) atoms. The quantitative estimate of drug-likeness (QED) is 0.206. The number of nitrogens with two attached hydrogens (primary N) is 2. The lowest BCUT2D eigenvalue weighted by atomic mass is 9.94. The maximum absolute atomic E-state index is 13.3. The molecule has 3 aromatic rings. The summed E-state index contributed by atoms with van der Waals surface area (Å²) < 4.78 is 0. The van der Waals surface area contributed by atoms with Crippen molar-refractivity contribution in [2.24, 2.45) is 11.5 Å². The van der Waals surface area contributed by atoms with Gasteiger partial charge in [-0.2, -0.15) is 0 Å². The molecule has 0 aliphatic heterocycles. The minimum atomic E-state index is -0.494. The average molecular weight is 538 g/mol. The Morgan fingerprint density at radius 1 is 1.19 bits per heavy atom. The van der Waals surface area contributed by atoms with Crippen molar-refractivity contribution in [3.63, 3.8) is 0 Å². The van der Waals surface area contributed by atoms with Crippen LogP contribution in [0, 0.1) is 0 Å². The second-order valence-electron chi connectivity index (χ2n) is 7.98. The molecule has 0 bridgehead atoms. The molecule has 0 spiro atoms. The number of nitrogens with one attached hydrogen (secondary N) is 1. The number of amides is 1. The lowest BCUT2D eigenvalue weighted by molar-refractivity contribution is 0.0937. The fourth-order valence-corrected chi connectivity index (χ4v) is 5.02. The van der Waals surface area contributed by atoms with Gasteiger partial charge < -0.3 is 21.9 Å². The number of carbonyl (C=O) groups is 1. The Labute approximate surface area is 229 Å². The van der Waals surface area contributed by atoms with Gasteiger partial charge in [0.1, 0.15) is 5.75 Å². The Bertz CT molecular complexity index is 1250. The Hall–Kier alpha value is -3.16. The van der Waals surface area contributed by atoms with Crippen molar-refractivity contribution in [1.29, 1.82) is 0 Å². The number of hydrogen-bond acceptors (Lipinski definition) is 5. The van der Waals surface area contributed by atoms with E-state index >= 15 is 0 Å². The molecule has 0 aliphatic rings. The monoisotopic (exact) mass is 537 g/mol. The third kappa shape index (κ3) is 8.17. The van der Waals surface area contributed by atoms with Crippen LogP contribution in [0.15, 0.2) is 91.1 Å². The van der Waals surface area contributed by atoms with Crippen LogP contribution in [0.2, 0.25) is 5.02 Å². The molecule has 3 rings (SSSR count). The maximum Gasteiger partial charge on any atom is 0.261 e. The number of carbonyl (C=O) groups excluding carboxylic acids is 1. The van der Waals surface area contributed by atoms with E-state index < -0.39 is 6.04 Å². The molecule has 1 aromatic heterocycles. The van der Waals surface area contributed by atoms with Crippen molar-refractivity contribution >= 4 is 28.8 Å². The minimum absolute atomic E-state index is 0.106. The summed E-state index contributed by atoms with van der Waals surface area (Å²) in [6.45, 7) is 9.96. The summed E-state index contributed by atoms with van der Waals surface area (Å²) in [5, 5.41) is 14.2. The molecule has 1 heterocycles. The molecule has 0 fully saturated rings. The predicted molar refractivity (Wildman–Crippen MR) is 158 cm³/mol. The third-order valence-electron chi connectivity index (χ3n) is 5.68. The zero-order chi connectivity index (χ0) is 27.4. The predicted octanol–water partition coefficient (Wildman–Crippen LogP) is 7.14. The number of benzene rings is 2. The Morgan fingerprint density at radius 2 is 1.92 bits per heavy atom. The fraction of sp³-hybridized carbons (Fsp3) is 0.233. The largest absolute Gasteiger partial charge is 0.508 e.